The molecule has 0 aromatic heterocycles. The minimum Gasteiger partial charge on any atom is -0.870 e. The van der Waals surface area contributed by atoms with E-state index in [9.17, 15) is 0 Å². The van der Waals surface area contributed by atoms with Crippen LogP contribution in [-0.4, -0.2) is 92.3 Å². The van der Waals surface area contributed by atoms with Gasteiger partial charge in [0.15, 0.2) is 6.73 Å². The zero-order chi connectivity index (χ0) is 11.1. The molecule has 15 heavy (non-hydrogen) atoms. The highest BCUT2D eigenvalue weighted by Gasteiger charge is 2.09. The normalized spacial score (nSPS) is 10.4. The van der Waals surface area contributed by atoms with Gasteiger partial charge >= 0.3 is 0 Å². The van der Waals surface area contributed by atoms with Crippen LogP contribution in [0.4, 0.5) is 0 Å². The molecule has 0 aliphatic rings. The third kappa shape index (κ3) is 41.6. The van der Waals surface area contributed by atoms with E-state index < -0.39 is 0 Å². The molecule has 0 aliphatic carbocycles. The lowest BCUT2D eigenvalue weighted by Crippen LogP contribution is -2.42. The van der Waals surface area contributed by atoms with Crippen molar-refractivity contribution in [2.24, 2.45) is 0 Å². The van der Waals surface area contributed by atoms with Gasteiger partial charge in [-0.05, 0) is 0 Å². The summed E-state index contributed by atoms with van der Waals surface area (Å²) in [7, 11) is 12.2. The first kappa shape index (κ1) is 24.1. The number of aliphatic hydroxyl groups is 2. The summed E-state index contributed by atoms with van der Waals surface area (Å²) in [6.07, 6.45) is 0. The Kier molecular flexibility index (Phi) is 16.5. The number of hydrogen-bond acceptors (Lipinski definition) is 4. The molecule has 0 heterocycles. The van der Waals surface area contributed by atoms with Crippen molar-refractivity contribution in [2.75, 3.05) is 62.2 Å². The van der Waals surface area contributed by atoms with Crippen LogP contribution in [0.1, 0.15) is 0 Å². The first-order valence-electron chi connectivity index (χ1n) is 4.45. The quantitative estimate of drug-likeness (QED) is 0.476. The Morgan fingerprint density at radius 1 is 0.800 bits per heavy atom. The first-order chi connectivity index (χ1) is 5.62. The third-order valence-electron chi connectivity index (χ3n) is 1.09. The maximum atomic E-state index is 8.59. The molecule has 6 heteroatoms. The number of nitrogens with zero attached hydrogens (tertiary/aromatic N) is 2. The van der Waals surface area contributed by atoms with Gasteiger partial charge in [-0.3, -0.25) is 0 Å². The predicted octanol–water partition coefficient (Wildman–Crippen LogP) is -1.03. The molecule has 4 N–H and O–H groups in total. The Bertz CT molecular complexity index is 118. The topological polar surface area (TPSA) is 100 Å². The van der Waals surface area contributed by atoms with Crippen LogP contribution >= 0.6 is 0 Å². The zero-order valence-electron chi connectivity index (χ0n) is 10.8. The maximum Gasteiger partial charge on any atom is 0.179 e. The Labute approximate surface area is 93.2 Å². The molecule has 6 nitrogen and oxygen atoms in total. The molecule has 0 saturated carbocycles. The number of hydrogen-bond donors (Lipinski definition) is 2. The van der Waals surface area contributed by atoms with Gasteiger partial charge in [0.1, 0.15) is 6.54 Å². The monoisotopic (exact) mass is 228 g/mol. The van der Waals surface area contributed by atoms with E-state index in [-0.39, 0.29) is 24.3 Å². The number of aliphatic hydroxyl groups excluding tert-OH is 2. The minimum absolute atomic E-state index is 0. The fourth-order valence-corrected chi connectivity index (χ4v) is 0.341. The van der Waals surface area contributed by atoms with Crippen molar-refractivity contribution in [1.82, 2.24) is 0 Å². The van der Waals surface area contributed by atoms with Crippen molar-refractivity contribution in [3.63, 3.8) is 0 Å². The summed E-state index contributed by atoms with van der Waals surface area (Å²) < 4.78 is 1.47. The van der Waals surface area contributed by atoms with E-state index in [0.717, 1.165) is 4.48 Å². The van der Waals surface area contributed by atoms with E-state index in [1.54, 1.807) is 0 Å². The van der Waals surface area contributed by atoms with Gasteiger partial charge in [-0.15, -0.1) is 0 Å². The first-order valence-corrected chi connectivity index (χ1v) is 4.45. The predicted molar refractivity (Wildman–Crippen MR) is 59.0 cm³/mol. The Morgan fingerprint density at radius 2 is 1.07 bits per heavy atom. The van der Waals surface area contributed by atoms with Crippen molar-refractivity contribution < 1.29 is 30.1 Å². The van der Waals surface area contributed by atoms with Gasteiger partial charge in [-0.2, -0.15) is 0 Å². The minimum atomic E-state index is 0. The van der Waals surface area contributed by atoms with Crippen molar-refractivity contribution in [2.45, 2.75) is 0 Å². The lowest BCUT2D eigenvalue weighted by atomic mass is 10.5. The summed E-state index contributed by atoms with van der Waals surface area (Å²) >= 11 is 0. The molecular weight excluding hydrogens is 200 g/mol. The van der Waals surface area contributed by atoms with Crippen LogP contribution in [0.5, 0.6) is 0 Å². The lowest BCUT2D eigenvalue weighted by Gasteiger charge is -2.25. The van der Waals surface area contributed by atoms with Crippen LogP contribution in [-0.2, 0) is 0 Å². The third-order valence-corrected chi connectivity index (χ3v) is 1.09. The van der Waals surface area contributed by atoms with E-state index in [2.05, 4.69) is 28.2 Å². The van der Waals surface area contributed by atoms with Crippen LogP contribution in [0.2, 0.25) is 0 Å². The average molecular weight is 228 g/mol. The lowest BCUT2D eigenvalue weighted by molar-refractivity contribution is -0.909. The summed E-state index contributed by atoms with van der Waals surface area (Å²) in [5, 5.41) is 17.0. The summed E-state index contributed by atoms with van der Waals surface area (Å²) in [6.45, 7) is 0.824. The Hall–Kier alpha value is -0.240. The van der Waals surface area contributed by atoms with Gasteiger partial charge in [0.2, 0.25) is 0 Å². The van der Waals surface area contributed by atoms with Crippen molar-refractivity contribution in [1.29, 1.82) is 0 Å². The molecule has 98 valence electrons. The van der Waals surface area contributed by atoms with E-state index in [1.165, 1.54) is 0 Å². The van der Waals surface area contributed by atoms with Gasteiger partial charge in [-0.25, -0.2) is 0 Å². The van der Waals surface area contributed by atoms with Gasteiger partial charge in [0.05, 0.1) is 48.9 Å². The van der Waals surface area contributed by atoms with Crippen LogP contribution in [0.25, 0.3) is 0 Å². The molecule has 0 amide bonds. The zero-order valence-corrected chi connectivity index (χ0v) is 10.8. The molecule has 0 atom stereocenters. The number of quaternary nitrogens is 2. The summed E-state index contributed by atoms with van der Waals surface area (Å²) in [5.74, 6) is 0. The Balaban J connectivity index is -0.0000000770. The highest BCUT2D eigenvalue weighted by molar-refractivity contribution is 4.21. The van der Waals surface area contributed by atoms with E-state index in [4.69, 9.17) is 10.2 Å². The molecule has 0 aromatic carbocycles. The second-order valence-electron chi connectivity index (χ2n) is 5.21. The van der Waals surface area contributed by atoms with Crippen LogP contribution in [0.3, 0.4) is 0 Å². The maximum absolute atomic E-state index is 8.59. The van der Waals surface area contributed by atoms with Crippen LogP contribution in [0, 0.1) is 0 Å². The van der Waals surface area contributed by atoms with Gasteiger partial charge in [0.25, 0.3) is 0 Å². The van der Waals surface area contributed by atoms with Crippen molar-refractivity contribution in [3.8, 4) is 0 Å². The van der Waals surface area contributed by atoms with E-state index in [0.29, 0.717) is 11.0 Å². The molecular formula is C9H28N2O4. The highest BCUT2D eigenvalue weighted by Crippen LogP contribution is 1.90. The number of rotatable bonds is 3. The average Bonchev–Trinajstić information content (AvgIpc) is 1.84. The van der Waals surface area contributed by atoms with Crippen LogP contribution in [0.15, 0.2) is 0 Å². The van der Waals surface area contributed by atoms with Gasteiger partial charge in [0, 0.05) is 0 Å². The molecule has 0 saturated heterocycles. The van der Waals surface area contributed by atoms with E-state index >= 15 is 0 Å². The molecule has 0 aliphatic heterocycles. The fourth-order valence-electron chi connectivity index (χ4n) is 0.341. The molecule has 0 unspecified atom stereocenters. The summed E-state index contributed by atoms with van der Waals surface area (Å²) in [6, 6.07) is 0. The second-order valence-corrected chi connectivity index (χ2v) is 5.21. The molecule has 0 fully saturated rings. The second kappa shape index (κ2) is 10.3. The fraction of sp³-hybridized carbons (Fsp3) is 1.00. The molecule has 0 aromatic rings. The van der Waals surface area contributed by atoms with Gasteiger partial charge in [-0.1, -0.05) is 0 Å². The molecule has 0 spiro atoms. The summed E-state index contributed by atoms with van der Waals surface area (Å²) in [5.41, 5.74) is 0. The molecule has 0 rings (SSSR count). The van der Waals surface area contributed by atoms with Crippen molar-refractivity contribution in [3.05, 3.63) is 0 Å². The van der Waals surface area contributed by atoms with Crippen LogP contribution < -0.4 is 0 Å². The largest absolute Gasteiger partial charge is 0.870 e. The Morgan fingerprint density at radius 3 is 1.13 bits per heavy atom. The summed E-state index contributed by atoms with van der Waals surface area (Å²) in [4.78, 5) is 0. The number of likely N-dealkylation sites (N-methyl/N-ethyl adjacent to an activating group) is 1. The smallest absolute Gasteiger partial charge is 0.179 e. The standard InChI is InChI=1S/C5H14NO2.C4H12N.2H2O/c1-6(2,5-8)3-4-7;1-5(2,3)4;;/h7-8H,3-5H2,1-2H3;1-4H3;2*1H2/q2*+1;;/p-2. The molecule has 0 radical (unpaired) electrons. The highest BCUT2D eigenvalue weighted by atomic mass is 16.3. The SMILES string of the molecule is C[N+](C)(C)C.C[N+](C)(CO)CCO.[OH-].[OH-]. The van der Waals surface area contributed by atoms with Gasteiger partial charge < -0.3 is 30.1 Å². The van der Waals surface area contributed by atoms with Crippen molar-refractivity contribution >= 4 is 0 Å². The van der Waals surface area contributed by atoms with E-state index in [1.807, 2.05) is 14.1 Å². The molecule has 0 bridgehead atoms.